The Labute approximate surface area is 110 Å². The maximum absolute atomic E-state index is 4.56. The van der Waals surface area contributed by atoms with E-state index in [2.05, 4.69) is 20.2 Å². The number of aryl methyl sites for hydroxylation is 1. The summed E-state index contributed by atoms with van der Waals surface area (Å²) in [7, 11) is 3.85. The second-order valence-corrected chi connectivity index (χ2v) is 4.55. The summed E-state index contributed by atoms with van der Waals surface area (Å²) in [4.78, 5) is 10.8. The Morgan fingerprint density at radius 2 is 2.00 bits per heavy atom. The largest absolute Gasteiger partial charge is 0.347 e. The third kappa shape index (κ3) is 2.01. The monoisotopic (exact) mass is 254 g/mol. The summed E-state index contributed by atoms with van der Waals surface area (Å²) in [6.45, 7) is 1.96. The number of rotatable bonds is 2. The number of hydrogen-bond donors (Lipinski definition) is 0. The highest BCUT2D eigenvalue weighted by molar-refractivity contribution is 5.77. The van der Waals surface area contributed by atoms with Crippen molar-refractivity contribution < 1.29 is 0 Å². The van der Waals surface area contributed by atoms with Crippen LogP contribution in [-0.4, -0.2) is 38.9 Å². The number of aromatic nitrogens is 5. The van der Waals surface area contributed by atoms with E-state index in [1.165, 1.54) is 0 Å². The second-order valence-electron chi connectivity index (χ2n) is 4.55. The topological polar surface area (TPSA) is 59.2 Å². The van der Waals surface area contributed by atoms with Crippen molar-refractivity contribution >= 4 is 11.5 Å². The molecule has 0 radical (unpaired) electrons. The van der Waals surface area contributed by atoms with E-state index in [-0.39, 0.29) is 0 Å². The molecule has 0 aliphatic rings. The Balaban J connectivity index is 2.21. The van der Waals surface area contributed by atoms with Crippen molar-refractivity contribution in [3.05, 3.63) is 36.3 Å². The van der Waals surface area contributed by atoms with Crippen LogP contribution in [0.3, 0.4) is 0 Å². The minimum absolute atomic E-state index is 0.693. The van der Waals surface area contributed by atoms with Crippen LogP contribution < -0.4 is 4.90 Å². The zero-order valence-corrected chi connectivity index (χ0v) is 11.1. The molecule has 0 atom stereocenters. The fourth-order valence-corrected chi connectivity index (χ4v) is 1.92. The van der Waals surface area contributed by atoms with Gasteiger partial charge in [0.05, 0.1) is 17.4 Å². The van der Waals surface area contributed by atoms with E-state index >= 15 is 0 Å². The van der Waals surface area contributed by atoms with Gasteiger partial charge in [-0.05, 0) is 25.1 Å². The van der Waals surface area contributed by atoms with Gasteiger partial charge in [0.2, 0.25) is 5.95 Å². The Morgan fingerprint density at radius 1 is 1.16 bits per heavy atom. The smallest absolute Gasteiger partial charge is 0.225 e. The molecule has 19 heavy (non-hydrogen) atoms. The minimum Gasteiger partial charge on any atom is -0.347 e. The average molecular weight is 254 g/mol. The molecule has 6 heteroatoms. The fraction of sp³-hybridized carbons (Fsp3) is 0.231. The van der Waals surface area contributed by atoms with Gasteiger partial charge in [0, 0.05) is 31.5 Å². The summed E-state index contributed by atoms with van der Waals surface area (Å²) in [5, 5.41) is 8.39. The Morgan fingerprint density at radius 3 is 2.79 bits per heavy atom. The molecule has 6 nitrogen and oxygen atoms in total. The standard InChI is InChI=1S/C13H14N6/c1-9-7-11(17-13(16-9)18(2)3)10-8-15-19-12(10)5-4-6-14-19/h4-8H,1-3H3. The van der Waals surface area contributed by atoms with Crippen molar-refractivity contribution in [2.24, 2.45) is 0 Å². The van der Waals surface area contributed by atoms with Crippen LogP contribution in [0.2, 0.25) is 0 Å². The first kappa shape index (κ1) is 11.6. The zero-order chi connectivity index (χ0) is 13.4. The van der Waals surface area contributed by atoms with Crippen molar-refractivity contribution in [2.75, 3.05) is 19.0 Å². The number of fused-ring (bicyclic) bond motifs is 1. The van der Waals surface area contributed by atoms with Gasteiger partial charge in [-0.15, -0.1) is 0 Å². The van der Waals surface area contributed by atoms with E-state index in [0.29, 0.717) is 5.95 Å². The summed E-state index contributed by atoms with van der Waals surface area (Å²) >= 11 is 0. The van der Waals surface area contributed by atoms with Crippen LogP contribution in [0.4, 0.5) is 5.95 Å². The fourth-order valence-electron chi connectivity index (χ4n) is 1.92. The first-order chi connectivity index (χ1) is 9.15. The van der Waals surface area contributed by atoms with E-state index in [9.17, 15) is 0 Å². The van der Waals surface area contributed by atoms with Gasteiger partial charge in [0.1, 0.15) is 0 Å². The molecule has 0 amide bonds. The Bertz CT molecular complexity index is 731. The highest BCUT2D eigenvalue weighted by atomic mass is 15.4. The molecule has 0 aliphatic heterocycles. The van der Waals surface area contributed by atoms with Crippen LogP contribution >= 0.6 is 0 Å². The van der Waals surface area contributed by atoms with Gasteiger partial charge >= 0.3 is 0 Å². The molecular formula is C13H14N6. The minimum atomic E-state index is 0.693. The van der Waals surface area contributed by atoms with Gasteiger partial charge in [-0.25, -0.2) is 9.97 Å². The quantitative estimate of drug-likeness (QED) is 0.694. The maximum Gasteiger partial charge on any atom is 0.225 e. The summed E-state index contributed by atoms with van der Waals surface area (Å²) in [5.74, 6) is 0.693. The van der Waals surface area contributed by atoms with Crippen LogP contribution in [0.5, 0.6) is 0 Å². The third-order valence-corrected chi connectivity index (χ3v) is 2.82. The van der Waals surface area contributed by atoms with Gasteiger partial charge in [0.15, 0.2) is 0 Å². The number of hydrogen-bond acceptors (Lipinski definition) is 5. The summed E-state index contributed by atoms with van der Waals surface area (Å²) in [6, 6.07) is 5.82. The molecule has 3 aromatic heterocycles. The van der Waals surface area contributed by atoms with Gasteiger partial charge in [0.25, 0.3) is 0 Å². The van der Waals surface area contributed by atoms with E-state index in [1.54, 1.807) is 17.0 Å². The Hall–Kier alpha value is -2.50. The second kappa shape index (κ2) is 4.31. The Kier molecular flexibility index (Phi) is 2.63. The molecule has 0 unspecified atom stereocenters. The first-order valence-electron chi connectivity index (χ1n) is 5.97. The lowest BCUT2D eigenvalue weighted by Crippen LogP contribution is -2.13. The number of nitrogens with zero attached hydrogens (tertiary/aromatic N) is 6. The van der Waals surface area contributed by atoms with Crippen molar-refractivity contribution in [1.82, 2.24) is 24.8 Å². The highest BCUT2D eigenvalue weighted by Crippen LogP contribution is 2.23. The van der Waals surface area contributed by atoms with E-state index in [0.717, 1.165) is 22.5 Å². The molecule has 3 rings (SSSR count). The first-order valence-corrected chi connectivity index (χ1v) is 5.97. The van der Waals surface area contributed by atoms with Crippen molar-refractivity contribution in [3.8, 4) is 11.3 Å². The van der Waals surface area contributed by atoms with Crippen LogP contribution in [0.25, 0.3) is 16.8 Å². The lowest BCUT2D eigenvalue weighted by Gasteiger charge is -2.11. The van der Waals surface area contributed by atoms with Gasteiger partial charge in [-0.3, -0.25) is 0 Å². The molecule has 0 aliphatic carbocycles. The molecule has 96 valence electrons. The van der Waals surface area contributed by atoms with Gasteiger partial charge < -0.3 is 4.90 Å². The molecule has 0 saturated carbocycles. The van der Waals surface area contributed by atoms with Crippen molar-refractivity contribution in [3.63, 3.8) is 0 Å². The summed E-state index contributed by atoms with van der Waals surface area (Å²) in [6.07, 6.45) is 3.49. The molecule has 0 fully saturated rings. The normalized spacial score (nSPS) is 10.9. The maximum atomic E-state index is 4.56. The summed E-state index contributed by atoms with van der Waals surface area (Å²) < 4.78 is 1.60. The van der Waals surface area contributed by atoms with Crippen LogP contribution in [0, 0.1) is 6.92 Å². The average Bonchev–Trinajstić information content (AvgIpc) is 2.81. The van der Waals surface area contributed by atoms with E-state index in [4.69, 9.17) is 0 Å². The summed E-state index contributed by atoms with van der Waals surface area (Å²) in [5.41, 5.74) is 3.68. The molecule has 0 bridgehead atoms. The van der Waals surface area contributed by atoms with Crippen LogP contribution in [-0.2, 0) is 0 Å². The van der Waals surface area contributed by atoms with E-state index < -0.39 is 0 Å². The molecule has 0 aromatic carbocycles. The molecule has 0 saturated heterocycles. The molecule has 0 N–H and O–H groups in total. The van der Waals surface area contributed by atoms with Crippen molar-refractivity contribution in [1.29, 1.82) is 0 Å². The predicted octanol–water partition coefficient (Wildman–Crippen LogP) is 1.56. The lowest BCUT2D eigenvalue weighted by atomic mass is 10.2. The molecule has 3 aromatic rings. The van der Waals surface area contributed by atoms with Crippen LogP contribution in [0.15, 0.2) is 30.6 Å². The predicted molar refractivity (Wildman–Crippen MR) is 73.1 cm³/mol. The third-order valence-electron chi connectivity index (χ3n) is 2.82. The molecule has 3 heterocycles. The van der Waals surface area contributed by atoms with Gasteiger partial charge in [-0.1, -0.05) is 0 Å². The zero-order valence-electron chi connectivity index (χ0n) is 11.1. The van der Waals surface area contributed by atoms with E-state index in [1.807, 2.05) is 44.1 Å². The molecule has 0 spiro atoms. The lowest BCUT2D eigenvalue weighted by molar-refractivity contribution is 0.800. The van der Waals surface area contributed by atoms with Crippen LogP contribution in [0.1, 0.15) is 5.69 Å². The molecular weight excluding hydrogens is 240 g/mol. The highest BCUT2D eigenvalue weighted by Gasteiger charge is 2.11. The van der Waals surface area contributed by atoms with Gasteiger partial charge in [-0.2, -0.15) is 14.8 Å². The number of anilines is 1. The SMILES string of the molecule is Cc1cc(-c2cnn3ncccc23)nc(N(C)C)n1. The van der Waals surface area contributed by atoms with Crippen molar-refractivity contribution in [2.45, 2.75) is 6.92 Å².